The lowest BCUT2D eigenvalue weighted by Gasteiger charge is -2.27. The summed E-state index contributed by atoms with van der Waals surface area (Å²) in [6, 6.07) is 4.85. The van der Waals surface area contributed by atoms with Gasteiger partial charge < -0.3 is 10.1 Å². The molecule has 27 heavy (non-hydrogen) atoms. The van der Waals surface area contributed by atoms with Crippen molar-refractivity contribution in [3.8, 4) is 5.75 Å². The second-order valence-electron chi connectivity index (χ2n) is 7.09. The van der Waals surface area contributed by atoms with Gasteiger partial charge in [0.15, 0.2) is 0 Å². The number of piperidine rings is 1. The van der Waals surface area contributed by atoms with Gasteiger partial charge in [0.05, 0.1) is 13.2 Å². The van der Waals surface area contributed by atoms with Gasteiger partial charge in [-0.25, -0.2) is 8.42 Å². The molecule has 0 unspecified atom stereocenters. The minimum Gasteiger partial charge on any atom is -0.492 e. The zero-order valence-electron chi connectivity index (χ0n) is 15.9. The van der Waals surface area contributed by atoms with Gasteiger partial charge in [-0.15, -0.1) is 0 Å². The molecule has 0 atom stereocenters. The molecule has 8 heteroatoms. The number of carbonyl (C=O) groups excluding carboxylic acids is 1. The molecule has 1 N–H and O–H groups in total. The fourth-order valence-electron chi connectivity index (χ4n) is 3.65. The van der Waals surface area contributed by atoms with E-state index in [4.69, 9.17) is 4.74 Å². The lowest BCUT2D eigenvalue weighted by Crippen LogP contribution is -2.36. The number of anilines is 1. The van der Waals surface area contributed by atoms with Crippen molar-refractivity contribution < 1.29 is 17.9 Å². The van der Waals surface area contributed by atoms with Crippen LogP contribution in [-0.2, 0) is 14.8 Å². The van der Waals surface area contributed by atoms with Crippen LogP contribution in [0.5, 0.6) is 5.75 Å². The highest BCUT2D eigenvalue weighted by Gasteiger charge is 2.29. The van der Waals surface area contributed by atoms with E-state index in [1.165, 1.54) is 10.4 Å². The van der Waals surface area contributed by atoms with E-state index in [1.54, 1.807) is 12.1 Å². The third-order valence-corrected chi connectivity index (χ3v) is 6.95. The third kappa shape index (κ3) is 5.00. The maximum absolute atomic E-state index is 13.1. The molecule has 1 aromatic carbocycles. The monoisotopic (exact) mass is 395 g/mol. The number of nitrogens with zero attached hydrogens (tertiary/aromatic N) is 2. The molecule has 7 nitrogen and oxygen atoms in total. The normalized spacial score (nSPS) is 19.1. The Morgan fingerprint density at radius 2 is 1.74 bits per heavy atom. The Labute approximate surface area is 161 Å². The van der Waals surface area contributed by atoms with Crippen molar-refractivity contribution in [1.82, 2.24) is 9.21 Å². The standard InChI is InChI=1S/C19H29N3O4S/c1-2-26-17-9-8-16(20-19(23)15-21-10-6-7-11-21)14-18(17)27(24,25)22-12-4-3-5-13-22/h8-9,14H,2-7,10-13,15H2,1H3,(H,20,23). The summed E-state index contributed by atoms with van der Waals surface area (Å²) in [5, 5.41) is 2.83. The van der Waals surface area contributed by atoms with Crippen LogP contribution in [0.2, 0.25) is 0 Å². The molecule has 0 spiro atoms. The molecule has 3 rings (SSSR count). The number of nitrogens with one attached hydrogen (secondary N) is 1. The summed E-state index contributed by atoms with van der Waals surface area (Å²) in [4.78, 5) is 14.5. The molecule has 0 aliphatic carbocycles. The number of ether oxygens (including phenoxy) is 1. The van der Waals surface area contributed by atoms with Crippen molar-refractivity contribution in [2.75, 3.05) is 44.6 Å². The lowest BCUT2D eigenvalue weighted by molar-refractivity contribution is -0.117. The number of sulfonamides is 1. The van der Waals surface area contributed by atoms with Crippen LogP contribution in [-0.4, -0.2) is 62.9 Å². The predicted octanol–water partition coefficient (Wildman–Crippen LogP) is 2.29. The zero-order chi connectivity index (χ0) is 19.3. The lowest BCUT2D eigenvalue weighted by atomic mass is 10.2. The zero-order valence-corrected chi connectivity index (χ0v) is 16.8. The molecule has 150 valence electrons. The third-order valence-electron chi connectivity index (χ3n) is 5.03. The van der Waals surface area contributed by atoms with E-state index in [0.717, 1.165) is 45.2 Å². The highest BCUT2D eigenvalue weighted by atomic mass is 32.2. The molecule has 0 radical (unpaired) electrons. The quantitative estimate of drug-likeness (QED) is 0.766. The minimum absolute atomic E-state index is 0.123. The van der Waals surface area contributed by atoms with Gasteiger partial charge in [0.25, 0.3) is 0 Å². The number of benzene rings is 1. The Balaban J connectivity index is 1.80. The van der Waals surface area contributed by atoms with Crippen molar-refractivity contribution >= 4 is 21.6 Å². The molecule has 2 fully saturated rings. The van der Waals surface area contributed by atoms with Crippen molar-refractivity contribution in [1.29, 1.82) is 0 Å². The molecule has 0 aromatic heterocycles. The largest absolute Gasteiger partial charge is 0.492 e. The number of likely N-dealkylation sites (tertiary alicyclic amines) is 1. The molecule has 2 saturated heterocycles. The maximum atomic E-state index is 13.1. The smallest absolute Gasteiger partial charge is 0.246 e. The molecular formula is C19H29N3O4S. The molecule has 1 aromatic rings. The Hall–Kier alpha value is -1.64. The molecule has 2 heterocycles. The first-order chi connectivity index (χ1) is 13.0. The summed E-state index contributed by atoms with van der Waals surface area (Å²) < 4.78 is 33.3. The SMILES string of the molecule is CCOc1ccc(NC(=O)CN2CCCC2)cc1S(=O)(=O)N1CCCCC1. The summed E-state index contributed by atoms with van der Waals surface area (Å²) in [6.07, 6.45) is 5.03. The van der Waals surface area contributed by atoms with E-state index in [1.807, 2.05) is 6.92 Å². The molecular weight excluding hydrogens is 366 g/mol. The van der Waals surface area contributed by atoms with Gasteiger partial charge in [0.2, 0.25) is 15.9 Å². The van der Waals surface area contributed by atoms with Crippen LogP contribution in [0, 0.1) is 0 Å². The van der Waals surface area contributed by atoms with Crippen molar-refractivity contribution in [3.63, 3.8) is 0 Å². The highest BCUT2D eigenvalue weighted by molar-refractivity contribution is 7.89. The van der Waals surface area contributed by atoms with Gasteiger partial charge in [0, 0.05) is 18.8 Å². The van der Waals surface area contributed by atoms with E-state index in [9.17, 15) is 13.2 Å². The number of hydrogen-bond donors (Lipinski definition) is 1. The molecule has 2 aliphatic rings. The topological polar surface area (TPSA) is 79.0 Å². The van der Waals surface area contributed by atoms with Gasteiger partial charge in [-0.3, -0.25) is 9.69 Å². The van der Waals surface area contributed by atoms with Gasteiger partial charge >= 0.3 is 0 Å². The predicted molar refractivity (Wildman–Crippen MR) is 105 cm³/mol. The maximum Gasteiger partial charge on any atom is 0.246 e. The second-order valence-corrected chi connectivity index (χ2v) is 9.00. The molecule has 0 bridgehead atoms. The molecule has 0 saturated carbocycles. The fraction of sp³-hybridized carbons (Fsp3) is 0.632. The molecule has 2 aliphatic heterocycles. The van der Waals surface area contributed by atoms with Crippen molar-refractivity contribution in [3.05, 3.63) is 18.2 Å². The summed E-state index contributed by atoms with van der Waals surface area (Å²) >= 11 is 0. The Kier molecular flexibility index (Phi) is 6.73. The first-order valence-corrected chi connectivity index (χ1v) is 11.2. The number of amides is 1. The van der Waals surface area contributed by atoms with Gasteiger partial charge in [-0.05, 0) is 63.9 Å². The second kappa shape index (κ2) is 9.03. The Bertz CT molecular complexity index is 754. The van der Waals surface area contributed by atoms with E-state index < -0.39 is 10.0 Å². The van der Waals surface area contributed by atoms with E-state index in [0.29, 0.717) is 37.7 Å². The first-order valence-electron chi connectivity index (χ1n) is 9.80. The van der Waals surface area contributed by atoms with Gasteiger partial charge in [-0.1, -0.05) is 6.42 Å². The van der Waals surface area contributed by atoms with Gasteiger partial charge in [-0.2, -0.15) is 4.31 Å². The summed E-state index contributed by atoms with van der Waals surface area (Å²) in [6.45, 7) is 5.46. The van der Waals surface area contributed by atoms with Crippen LogP contribution in [0.25, 0.3) is 0 Å². The molecule has 1 amide bonds. The van der Waals surface area contributed by atoms with E-state index in [-0.39, 0.29) is 10.8 Å². The Morgan fingerprint density at radius 1 is 1.07 bits per heavy atom. The number of hydrogen-bond acceptors (Lipinski definition) is 5. The van der Waals surface area contributed by atoms with Crippen LogP contribution in [0.3, 0.4) is 0 Å². The van der Waals surface area contributed by atoms with E-state index >= 15 is 0 Å². The number of carbonyl (C=O) groups is 1. The van der Waals surface area contributed by atoms with Crippen LogP contribution >= 0.6 is 0 Å². The first kappa shape index (κ1) is 20.1. The highest BCUT2D eigenvalue weighted by Crippen LogP contribution is 2.31. The summed E-state index contributed by atoms with van der Waals surface area (Å²) in [7, 11) is -3.65. The fourth-order valence-corrected chi connectivity index (χ4v) is 5.33. The van der Waals surface area contributed by atoms with Crippen LogP contribution in [0.4, 0.5) is 5.69 Å². The van der Waals surface area contributed by atoms with Crippen LogP contribution in [0.15, 0.2) is 23.1 Å². The average molecular weight is 396 g/mol. The van der Waals surface area contributed by atoms with Crippen LogP contribution in [0.1, 0.15) is 39.0 Å². The number of rotatable bonds is 7. The van der Waals surface area contributed by atoms with E-state index in [2.05, 4.69) is 10.2 Å². The summed E-state index contributed by atoms with van der Waals surface area (Å²) in [5.74, 6) is 0.211. The average Bonchev–Trinajstić information content (AvgIpc) is 3.16. The van der Waals surface area contributed by atoms with Crippen molar-refractivity contribution in [2.24, 2.45) is 0 Å². The summed E-state index contributed by atoms with van der Waals surface area (Å²) in [5.41, 5.74) is 0.484. The van der Waals surface area contributed by atoms with Crippen molar-refractivity contribution in [2.45, 2.75) is 43.9 Å². The Morgan fingerprint density at radius 3 is 2.41 bits per heavy atom. The minimum atomic E-state index is -3.65. The van der Waals surface area contributed by atoms with Gasteiger partial charge in [0.1, 0.15) is 10.6 Å². The van der Waals surface area contributed by atoms with Crippen LogP contribution < -0.4 is 10.1 Å².